The number of hydrogen-bond donors (Lipinski definition) is 2. The fourth-order valence-electron chi connectivity index (χ4n) is 1.80. The van der Waals surface area contributed by atoms with Gasteiger partial charge in [-0.3, -0.25) is 4.98 Å². The van der Waals surface area contributed by atoms with Gasteiger partial charge in [0.05, 0.1) is 12.3 Å². The number of nitrogens with zero attached hydrogens (tertiary/aromatic N) is 1. The lowest BCUT2D eigenvalue weighted by Gasteiger charge is -2.10. The van der Waals surface area contributed by atoms with E-state index in [9.17, 15) is 5.11 Å². The number of hydrogen-bond acceptors (Lipinski definition) is 4. The van der Waals surface area contributed by atoms with Gasteiger partial charge in [0.2, 0.25) is 0 Å². The van der Waals surface area contributed by atoms with E-state index < -0.39 is 0 Å². The van der Waals surface area contributed by atoms with E-state index in [4.69, 9.17) is 4.74 Å². The maximum atomic E-state index is 9.63. The van der Waals surface area contributed by atoms with E-state index in [-0.39, 0.29) is 5.75 Å². The zero-order valence-electron chi connectivity index (χ0n) is 11.2. The van der Waals surface area contributed by atoms with Crippen molar-refractivity contribution in [2.75, 3.05) is 11.9 Å². The molecule has 2 N–H and O–H groups in total. The number of aromatic nitrogens is 1. The van der Waals surface area contributed by atoms with Crippen LogP contribution in [0, 0.1) is 6.92 Å². The molecule has 0 aliphatic rings. The second-order valence-corrected chi connectivity index (χ2v) is 4.34. The molecule has 19 heavy (non-hydrogen) atoms. The number of phenols is 1. The van der Waals surface area contributed by atoms with Crippen LogP contribution < -0.4 is 10.1 Å². The molecule has 0 amide bonds. The number of anilines is 1. The molecular formula is C15H18N2O2. The van der Waals surface area contributed by atoms with Crippen LogP contribution in [0.3, 0.4) is 0 Å². The van der Waals surface area contributed by atoms with Gasteiger partial charge in [0, 0.05) is 18.9 Å². The van der Waals surface area contributed by atoms with Gasteiger partial charge in [-0.05, 0) is 43.2 Å². The molecule has 1 heterocycles. The second-order valence-electron chi connectivity index (χ2n) is 4.34. The molecule has 0 fully saturated rings. The Balaban J connectivity index is 2.05. The van der Waals surface area contributed by atoms with Crippen LogP contribution in [0.2, 0.25) is 0 Å². The average molecular weight is 258 g/mol. The summed E-state index contributed by atoms with van der Waals surface area (Å²) in [7, 11) is 0. The molecule has 0 radical (unpaired) electrons. The van der Waals surface area contributed by atoms with Gasteiger partial charge in [-0.15, -0.1) is 0 Å². The Hall–Kier alpha value is -2.23. The van der Waals surface area contributed by atoms with Gasteiger partial charge >= 0.3 is 0 Å². The third-order valence-corrected chi connectivity index (χ3v) is 2.70. The molecule has 4 heteroatoms. The van der Waals surface area contributed by atoms with E-state index in [0.29, 0.717) is 18.9 Å². The van der Waals surface area contributed by atoms with Crippen molar-refractivity contribution in [2.45, 2.75) is 20.4 Å². The molecule has 0 saturated carbocycles. The lowest BCUT2D eigenvalue weighted by Crippen LogP contribution is -2.01. The van der Waals surface area contributed by atoms with E-state index in [1.807, 2.05) is 38.2 Å². The highest BCUT2D eigenvalue weighted by atomic mass is 16.5. The summed E-state index contributed by atoms with van der Waals surface area (Å²) >= 11 is 0. The van der Waals surface area contributed by atoms with Crippen molar-refractivity contribution in [3.63, 3.8) is 0 Å². The molecule has 0 bridgehead atoms. The minimum atomic E-state index is 0.169. The molecule has 0 aliphatic carbocycles. The van der Waals surface area contributed by atoms with Crippen LogP contribution in [0.15, 0.2) is 36.7 Å². The maximum absolute atomic E-state index is 9.63. The van der Waals surface area contributed by atoms with E-state index in [0.717, 1.165) is 16.8 Å². The van der Waals surface area contributed by atoms with Crippen LogP contribution in [-0.4, -0.2) is 16.7 Å². The average Bonchev–Trinajstić information content (AvgIpc) is 2.40. The highest BCUT2D eigenvalue weighted by molar-refractivity contribution is 5.46. The molecule has 0 atom stereocenters. The van der Waals surface area contributed by atoms with Crippen molar-refractivity contribution in [2.24, 2.45) is 0 Å². The van der Waals surface area contributed by atoms with Gasteiger partial charge in [0.25, 0.3) is 0 Å². The van der Waals surface area contributed by atoms with Crippen molar-refractivity contribution in [3.05, 3.63) is 47.8 Å². The van der Waals surface area contributed by atoms with Gasteiger partial charge in [0.15, 0.2) is 11.5 Å². The standard InChI is InChI=1S/C15H18N2O2/c1-3-19-15-7-12(4-5-14(15)18)9-17-13-6-11(2)8-16-10-13/h4-8,10,17-18H,3,9H2,1-2H3. The topological polar surface area (TPSA) is 54.4 Å². The molecule has 4 nitrogen and oxygen atoms in total. The molecule has 1 aromatic carbocycles. The molecule has 100 valence electrons. The third-order valence-electron chi connectivity index (χ3n) is 2.70. The molecule has 2 aromatic rings. The molecule has 2 rings (SSSR count). The minimum Gasteiger partial charge on any atom is -0.504 e. The summed E-state index contributed by atoms with van der Waals surface area (Å²) in [5, 5.41) is 12.9. The summed E-state index contributed by atoms with van der Waals surface area (Å²) in [5.74, 6) is 0.687. The number of aryl methyl sites for hydroxylation is 1. The Kier molecular flexibility index (Phi) is 4.23. The van der Waals surface area contributed by atoms with E-state index in [2.05, 4.69) is 10.3 Å². The van der Waals surface area contributed by atoms with Crippen molar-refractivity contribution < 1.29 is 9.84 Å². The van der Waals surface area contributed by atoms with Gasteiger partial charge < -0.3 is 15.2 Å². The predicted octanol–water partition coefficient (Wildman–Crippen LogP) is 3.11. The first-order valence-corrected chi connectivity index (χ1v) is 6.29. The summed E-state index contributed by atoms with van der Waals surface area (Å²) in [5.41, 5.74) is 3.14. The van der Waals surface area contributed by atoms with Crippen molar-refractivity contribution in [1.29, 1.82) is 0 Å². The largest absolute Gasteiger partial charge is 0.504 e. The van der Waals surface area contributed by atoms with Crippen molar-refractivity contribution in [1.82, 2.24) is 4.98 Å². The Morgan fingerprint density at radius 3 is 2.84 bits per heavy atom. The van der Waals surface area contributed by atoms with Crippen LogP contribution in [-0.2, 0) is 6.54 Å². The number of benzene rings is 1. The lowest BCUT2D eigenvalue weighted by molar-refractivity contribution is 0.318. The normalized spacial score (nSPS) is 10.2. The zero-order chi connectivity index (χ0) is 13.7. The second kappa shape index (κ2) is 6.09. The summed E-state index contributed by atoms with van der Waals surface area (Å²) < 4.78 is 5.36. The summed E-state index contributed by atoms with van der Waals surface area (Å²) in [6.45, 7) is 5.09. The number of phenolic OH excluding ortho intramolecular Hbond substituents is 1. The van der Waals surface area contributed by atoms with Crippen LogP contribution in [0.1, 0.15) is 18.1 Å². The van der Waals surface area contributed by atoms with E-state index in [1.54, 1.807) is 12.3 Å². The molecule has 0 unspecified atom stereocenters. The quantitative estimate of drug-likeness (QED) is 0.865. The number of pyridine rings is 1. The van der Waals surface area contributed by atoms with Crippen molar-refractivity contribution >= 4 is 5.69 Å². The van der Waals surface area contributed by atoms with E-state index >= 15 is 0 Å². The SMILES string of the molecule is CCOc1cc(CNc2cncc(C)c2)ccc1O. The van der Waals surface area contributed by atoms with Crippen LogP contribution >= 0.6 is 0 Å². The lowest BCUT2D eigenvalue weighted by atomic mass is 10.2. The highest BCUT2D eigenvalue weighted by Gasteiger charge is 2.03. The predicted molar refractivity (Wildman–Crippen MR) is 75.6 cm³/mol. The number of ether oxygens (including phenoxy) is 1. The Labute approximate surface area is 113 Å². The van der Waals surface area contributed by atoms with E-state index in [1.165, 1.54) is 0 Å². The summed E-state index contributed by atoms with van der Waals surface area (Å²) in [6.07, 6.45) is 3.61. The maximum Gasteiger partial charge on any atom is 0.161 e. The number of aromatic hydroxyl groups is 1. The van der Waals surface area contributed by atoms with Crippen molar-refractivity contribution in [3.8, 4) is 11.5 Å². The minimum absolute atomic E-state index is 0.169. The van der Waals surface area contributed by atoms with Gasteiger partial charge in [-0.1, -0.05) is 6.07 Å². The summed E-state index contributed by atoms with van der Waals surface area (Å²) in [4.78, 5) is 4.13. The first-order valence-electron chi connectivity index (χ1n) is 6.29. The monoisotopic (exact) mass is 258 g/mol. The smallest absolute Gasteiger partial charge is 0.161 e. The van der Waals surface area contributed by atoms with Gasteiger partial charge in [0.1, 0.15) is 0 Å². The van der Waals surface area contributed by atoms with Gasteiger partial charge in [-0.25, -0.2) is 0 Å². The molecule has 0 aliphatic heterocycles. The van der Waals surface area contributed by atoms with Crippen LogP contribution in [0.5, 0.6) is 11.5 Å². The number of rotatable bonds is 5. The third kappa shape index (κ3) is 3.61. The van der Waals surface area contributed by atoms with Crippen LogP contribution in [0.4, 0.5) is 5.69 Å². The number of nitrogens with one attached hydrogen (secondary N) is 1. The highest BCUT2D eigenvalue weighted by Crippen LogP contribution is 2.27. The first-order chi connectivity index (χ1) is 9.19. The first kappa shape index (κ1) is 13.2. The zero-order valence-corrected chi connectivity index (χ0v) is 11.2. The molecule has 0 spiro atoms. The van der Waals surface area contributed by atoms with Gasteiger partial charge in [-0.2, -0.15) is 0 Å². The molecular weight excluding hydrogens is 240 g/mol. The fraction of sp³-hybridized carbons (Fsp3) is 0.267. The Morgan fingerprint density at radius 2 is 2.11 bits per heavy atom. The summed E-state index contributed by atoms with van der Waals surface area (Å²) in [6, 6.07) is 7.40. The molecule has 1 aromatic heterocycles. The Morgan fingerprint density at radius 1 is 1.26 bits per heavy atom. The Bertz CT molecular complexity index is 556. The fourth-order valence-corrected chi connectivity index (χ4v) is 1.80. The molecule has 0 saturated heterocycles. The van der Waals surface area contributed by atoms with Crippen LogP contribution in [0.25, 0.3) is 0 Å².